The standard InChI is InChI=1S/C31H25BrN4O9S/c1-4-21-26(30(38)43-3)27(18-9-7-6-8-10-18)34-29(37)25(46-31(34)33-21)15-17-13-20(32)28(24(14-17)44-5-2)45-23-12-11-19(35(39)40)16-22(23)36(41)42/h6-16,27H,4-5H2,1-3H3/b25-15+/t27-/m1/s1. The third kappa shape index (κ3) is 6.19. The van der Waals surface area contributed by atoms with Gasteiger partial charge >= 0.3 is 11.7 Å². The Morgan fingerprint density at radius 3 is 2.43 bits per heavy atom. The highest BCUT2D eigenvalue weighted by molar-refractivity contribution is 9.10. The van der Waals surface area contributed by atoms with Gasteiger partial charge in [0.05, 0.1) is 55.9 Å². The van der Waals surface area contributed by atoms with Crippen LogP contribution in [0.3, 0.4) is 0 Å². The summed E-state index contributed by atoms with van der Waals surface area (Å²) in [4.78, 5) is 53.3. The van der Waals surface area contributed by atoms with E-state index in [1.54, 1.807) is 25.1 Å². The molecule has 0 saturated heterocycles. The van der Waals surface area contributed by atoms with Gasteiger partial charge in [0.2, 0.25) is 5.75 Å². The van der Waals surface area contributed by atoms with Gasteiger partial charge in [0.1, 0.15) is 0 Å². The molecule has 0 saturated carbocycles. The molecule has 2 heterocycles. The molecular formula is C31H25BrN4O9S. The van der Waals surface area contributed by atoms with Crippen LogP contribution in [0.25, 0.3) is 6.08 Å². The smallest absolute Gasteiger partial charge is 0.338 e. The van der Waals surface area contributed by atoms with Crippen molar-refractivity contribution in [2.75, 3.05) is 13.7 Å². The van der Waals surface area contributed by atoms with Crippen molar-refractivity contribution in [2.24, 2.45) is 4.99 Å². The first-order valence-corrected chi connectivity index (χ1v) is 15.4. The van der Waals surface area contributed by atoms with Gasteiger partial charge in [-0.25, -0.2) is 9.79 Å². The summed E-state index contributed by atoms with van der Waals surface area (Å²) in [5.74, 6) is -0.506. The number of carbonyl (C=O) groups excluding carboxylic acids is 1. The fraction of sp³-hybridized carbons (Fsp3) is 0.194. The number of nitrogens with zero attached hydrogens (tertiary/aromatic N) is 4. The van der Waals surface area contributed by atoms with Crippen LogP contribution in [0.1, 0.15) is 37.4 Å². The largest absolute Gasteiger partial charge is 0.490 e. The van der Waals surface area contributed by atoms with Gasteiger partial charge in [-0.3, -0.25) is 29.6 Å². The van der Waals surface area contributed by atoms with Crippen molar-refractivity contribution in [2.45, 2.75) is 26.3 Å². The van der Waals surface area contributed by atoms with Crippen molar-refractivity contribution in [3.63, 3.8) is 0 Å². The average molecular weight is 710 g/mol. The Bertz CT molecular complexity index is 2090. The normalized spacial score (nSPS) is 14.3. The van der Waals surface area contributed by atoms with Crippen LogP contribution in [0.5, 0.6) is 17.2 Å². The molecule has 1 aliphatic heterocycles. The zero-order valence-electron chi connectivity index (χ0n) is 24.6. The molecule has 15 heteroatoms. The van der Waals surface area contributed by atoms with E-state index in [9.17, 15) is 29.8 Å². The molecule has 1 aromatic heterocycles. The van der Waals surface area contributed by atoms with E-state index >= 15 is 0 Å². The Morgan fingerprint density at radius 1 is 1.07 bits per heavy atom. The molecule has 46 heavy (non-hydrogen) atoms. The minimum absolute atomic E-state index is 0.0943. The van der Waals surface area contributed by atoms with E-state index in [2.05, 4.69) is 20.9 Å². The SMILES string of the molecule is CCOc1cc(/C=c2/sc3n(c2=O)[C@H](c2ccccc2)C(C(=O)OC)=C(CC)N=3)cc(Br)c1Oc1ccc([N+](=O)[O-])cc1[N+](=O)[O-]. The molecule has 13 nitrogen and oxygen atoms in total. The maximum absolute atomic E-state index is 14.0. The second-order valence-corrected chi connectivity index (χ2v) is 11.6. The van der Waals surface area contributed by atoms with Crippen LogP contribution >= 0.6 is 27.3 Å². The second-order valence-electron chi connectivity index (χ2n) is 9.73. The Labute approximate surface area is 273 Å². The number of carbonyl (C=O) groups is 1. The summed E-state index contributed by atoms with van der Waals surface area (Å²) in [6.07, 6.45) is 2.09. The van der Waals surface area contributed by atoms with Crippen LogP contribution in [0, 0.1) is 20.2 Å². The first-order chi connectivity index (χ1) is 22.1. The second kappa shape index (κ2) is 13.5. The van der Waals surface area contributed by atoms with Gasteiger partial charge in [-0.05, 0) is 64.7 Å². The zero-order valence-corrected chi connectivity index (χ0v) is 27.0. The lowest BCUT2D eigenvalue weighted by Crippen LogP contribution is -2.40. The number of non-ortho nitro benzene ring substituents is 1. The quantitative estimate of drug-likeness (QED) is 0.116. The molecule has 5 rings (SSSR count). The first-order valence-electron chi connectivity index (χ1n) is 13.8. The van der Waals surface area contributed by atoms with Crippen molar-refractivity contribution in [3.8, 4) is 17.2 Å². The minimum atomic E-state index is -0.775. The van der Waals surface area contributed by atoms with Crippen LogP contribution in [0.4, 0.5) is 11.4 Å². The third-order valence-electron chi connectivity index (χ3n) is 6.96. The highest BCUT2D eigenvalue weighted by Crippen LogP contribution is 2.43. The first kappa shape index (κ1) is 32.2. The highest BCUT2D eigenvalue weighted by Gasteiger charge is 2.33. The number of nitro groups is 2. The molecule has 0 N–H and O–H groups in total. The fourth-order valence-electron chi connectivity index (χ4n) is 4.96. The van der Waals surface area contributed by atoms with Crippen LogP contribution in [-0.4, -0.2) is 34.1 Å². The van der Waals surface area contributed by atoms with Crippen LogP contribution in [-0.2, 0) is 9.53 Å². The number of ether oxygens (including phenoxy) is 3. The number of hydrogen-bond acceptors (Lipinski definition) is 11. The van der Waals surface area contributed by atoms with Crippen LogP contribution in [0.2, 0.25) is 0 Å². The minimum Gasteiger partial charge on any atom is -0.490 e. The number of nitro benzene ring substituents is 2. The van der Waals surface area contributed by atoms with E-state index < -0.39 is 33.2 Å². The topological polar surface area (TPSA) is 165 Å². The van der Waals surface area contributed by atoms with Crippen molar-refractivity contribution in [1.29, 1.82) is 0 Å². The third-order valence-corrected chi connectivity index (χ3v) is 8.53. The molecule has 0 unspecified atom stereocenters. The van der Waals surface area contributed by atoms with Crippen LogP contribution in [0.15, 0.2) is 86.2 Å². The summed E-state index contributed by atoms with van der Waals surface area (Å²) in [6, 6.07) is 14.7. The summed E-state index contributed by atoms with van der Waals surface area (Å²) >= 11 is 4.60. The predicted octanol–water partition coefficient (Wildman–Crippen LogP) is 5.57. The highest BCUT2D eigenvalue weighted by atomic mass is 79.9. The Morgan fingerprint density at radius 2 is 1.80 bits per heavy atom. The number of hydrogen-bond donors (Lipinski definition) is 0. The molecule has 236 valence electrons. The lowest BCUT2D eigenvalue weighted by Gasteiger charge is -2.25. The Hall–Kier alpha value is -5.15. The van der Waals surface area contributed by atoms with Gasteiger partial charge in [0, 0.05) is 6.07 Å². The number of fused-ring (bicyclic) bond motifs is 1. The van der Waals surface area contributed by atoms with Crippen molar-refractivity contribution < 1.29 is 28.9 Å². The summed E-state index contributed by atoms with van der Waals surface area (Å²) < 4.78 is 18.9. The average Bonchev–Trinajstić information content (AvgIpc) is 3.35. The van der Waals surface area contributed by atoms with Gasteiger partial charge in [-0.1, -0.05) is 48.6 Å². The summed E-state index contributed by atoms with van der Waals surface area (Å²) in [6.45, 7) is 3.83. The van der Waals surface area contributed by atoms with E-state index in [1.165, 1.54) is 11.7 Å². The monoisotopic (exact) mass is 708 g/mol. The Kier molecular flexibility index (Phi) is 9.44. The van der Waals surface area contributed by atoms with E-state index in [4.69, 9.17) is 14.2 Å². The number of rotatable bonds is 10. The zero-order chi connectivity index (χ0) is 33.1. The van der Waals surface area contributed by atoms with E-state index in [1.807, 2.05) is 37.3 Å². The molecule has 1 aliphatic rings. The maximum Gasteiger partial charge on any atom is 0.338 e. The molecular weight excluding hydrogens is 684 g/mol. The molecule has 4 aromatic rings. The molecule has 0 amide bonds. The number of benzene rings is 3. The summed E-state index contributed by atoms with van der Waals surface area (Å²) in [7, 11) is 1.29. The number of allylic oxidation sites excluding steroid dienone is 1. The fourth-order valence-corrected chi connectivity index (χ4v) is 6.52. The lowest BCUT2D eigenvalue weighted by molar-refractivity contribution is -0.394. The van der Waals surface area contributed by atoms with Crippen molar-refractivity contribution in [3.05, 3.63) is 127 Å². The summed E-state index contributed by atoms with van der Waals surface area (Å²) in [5, 5.41) is 22.8. The Balaban J connectivity index is 1.63. The van der Waals surface area contributed by atoms with Gasteiger partial charge < -0.3 is 14.2 Å². The van der Waals surface area contributed by atoms with Gasteiger partial charge in [-0.15, -0.1) is 0 Å². The molecule has 0 aliphatic carbocycles. The van der Waals surface area contributed by atoms with Crippen molar-refractivity contribution >= 4 is 50.7 Å². The molecule has 1 atom stereocenters. The molecule has 0 bridgehead atoms. The van der Waals surface area contributed by atoms with E-state index in [0.717, 1.165) is 35.1 Å². The lowest BCUT2D eigenvalue weighted by atomic mass is 9.95. The van der Waals surface area contributed by atoms with E-state index in [-0.39, 0.29) is 29.4 Å². The predicted molar refractivity (Wildman–Crippen MR) is 172 cm³/mol. The number of aromatic nitrogens is 1. The molecule has 0 spiro atoms. The molecule has 0 radical (unpaired) electrons. The number of esters is 1. The molecule has 3 aromatic carbocycles. The maximum atomic E-state index is 14.0. The summed E-state index contributed by atoms with van der Waals surface area (Å²) in [5.41, 5.74) is 0.642. The van der Waals surface area contributed by atoms with Gasteiger partial charge in [0.25, 0.3) is 11.2 Å². The number of methoxy groups -OCH3 is 1. The van der Waals surface area contributed by atoms with Crippen molar-refractivity contribution in [1.82, 2.24) is 4.57 Å². The molecule has 0 fully saturated rings. The number of thiazole rings is 1. The number of halogens is 1. The van der Waals surface area contributed by atoms with E-state index in [0.29, 0.717) is 37.1 Å². The van der Waals surface area contributed by atoms with Gasteiger partial charge in [0.15, 0.2) is 16.3 Å². The van der Waals surface area contributed by atoms with Gasteiger partial charge in [-0.2, -0.15) is 0 Å². The van der Waals surface area contributed by atoms with Crippen LogP contribution < -0.4 is 24.4 Å².